The summed E-state index contributed by atoms with van der Waals surface area (Å²) < 4.78 is 0. The van der Waals surface area contributed by atoms with Crippen LogP contribution in [-0.2, 0) is 6.54 Å². The third-order valence-electron chi connectivity index (χ3n) is 4.31. The fourth-order valence-corrected chi connectivity index (χ4v) is 2.38. The van der Waals surface area contributed by atoms with E-state index in [1.54, 1.807) is 0 Å². The zero-order chi connectivity index (χ0) is 21.1. The Labute approximate surface area is 171 Å². The molecule has 1 fully saturated rings. The van der Waals surface area contributed by atoms with Crippen molar-refractivity contribution in [1.29, 1.82) is 0 Å². The maximum Gasteiger partial charge on any atom is 0.0234 e. The predicted octanol–water partition coefficient (Wildman–Crippen LogP) is 3.99. The summed E-state index contributed by atoms with van der Waals surface area (Å²) in [5, 5.41) is 0. The molecule has 0 spiro atoms. The maximum absolute atomic E-state index is 2.52. The van der Waals surface area contributed by atoms with Crippen LogP contribution in [0, 0.1) is 0 Å². The van der Waals surface area contributed by atoms with E-state index in [4.69, 9.17) is 0 Å². The molecule has 0 saturated carbocycles. The van der Waals surface area contributed by atoms with Gasteiger partial charge in [-0.05, 0) is 40.3 Å². The van der Waals surface area contributed by atoms with E-state index in [2.05, 4.69) is 85.0 Å². The molecular weight excluding hydrogens is 332 g/mol. The third kappa shape index (κ3) is 16.9. The van der Waals surface area contributed by atoms with Gasteiger partial charge >= 0.3 is 0 Å². The van der Waals surface area contributed by atoms with Crippen LogP contribution in [0.15, 0.2) is 30.3 Å². The van der Waals surface area contributed by atoms with Gasteiger partial charge in [0.15, 0.2) is 0 Å². The summed E-state index contributed by atoms with van der Waals surface area (Å²) in [7, 11) is 8.54. The molecule has 0 bridgehead atoms. The zero-order valence-corrected chi connectivity index (χ0v) is 19.8. The monoisotopic (exact) mass is 380 g/mol. The van der Waals surface area contributed by atoms with E-state index in [0.717, 1.165) is 19.6 Å². The standard InChI is InChI=1S/C12H18N2.C7H18N2.2C2H6/c1-13-7-9-14(10-8-13)11-12-5-3-2-4-6-12;1-5-9(4)7-6-8(2)3;2*1-2/h2-6H,7-11H2,1H3;5-7H2,1-4H3;2*1-2H3. The van der Waals surface area contributed by atoms with Gasteiger partial charge in [0.25, 0.3) is 0 Å². The second-order valence-electron chi connectivity index (χ2n) is 6.76. The average Bonchev–Trinajstić information content (AvgIpc) is 2.72. The van der Waals surface area contributed by atoms with Crippen LogP contribution >= 0.6 is 0 Å². The summed E-state index contributed by atoms with van der Waals surface area (Å²) in [6.45, 7) is 19.6. The van der Waals surface area contributed by atoms with Gasteiger partial charge < -0.3 is 14.7 Å². The van der Waals surface area contributed by atoms with Crippen molar-refractivity contribution < 1.29 is 0 Å². The SMILES string of the molecule is CC.CC.CCN(C)CCN(C)C.CN1CCN(Cc2ccccc2)CC1. The highest BCUT2D eigenvalue weighted by molar-refractivity contribution is 5.14. The zero-order valence-electron chi connectivity index (χ0n) is 19.8. The molecule has 0 aromatic heterocycles. The van der Waals surface area contributed by atoms with Crippen LogP contribution in [0.3, 0.4) is 0 Å². The minimum absolute atomic E-state index is 1.11. The Balaban J connectivity index is 0. The Kier molecular flexibility index (Phi) is 20.7. The molecule has 27 heavy (non-hydrogen) atoms. The van der Waals surface area contributed by atoms with Crippen molar-refractivity contribution in [2.45, 2.75) is 41.2 Å². The molecule has 160 valence electrons. The van der Waals surface area contributed by atoms with Crippen LogP contribution < -0.4 is 0 Å². The van der Waals surface area contributed by atoms with E-state index in [1.165, 1.54) is 38.3 Å². The van der Waals surface area contributed by atoms with Gasteiger partial charge in [-0.2, -0.15) is 0 Å². The second-order valence-corrected chi connectivity index (χ2v) is 6.76. The molecule has 4 heteroatoms. The maximum atomic E-state index is 2.52. The summed E-state index contributed by atoms with van der Waals surface area (Å²) in [4.78, 5) is 9.42. The molecule has 1 aromatic carbocycles. The van der Waals surface area contributed by atoms with Crippen LogP contribution in [0.1, 0.15) is 40.2 Å². The number of hydrogen-bond donors (Lipinski definition) is 0. The van der Waals surface area contributed by atoms with Crippen LogP contribution in [0.2, 0.25) is 0 Å². The molecule has 4 nitrogen and oxygen atoms in total. The predicted molar refractivity (Wildman–Crippen MR) is 124 cm³/mol. The van der Waals surface area contributed by atoms with Gasteiger partial charge in [-0.1, -0.05) is 65.0 Å². The molecule has 1 heterocycles. The number of benzene rings is 1. The van der Waals surface area contributed by atoms with Crippen molar-refractivity contribution in [2.24, 2.45) is 0 Å². The van der Waals surface area contributed by atoms with Crippen molar-refractivity contribution in [3.8, 4) is 0 Å². The molecule has 1 saturated heterocycles. The molecule has 0 radical (unpaired) electrons. The Morgan fingerprint density at radius 2 is 1.33 bits per heavy atom. The number of rotatable bonds is 6. The first kappa shape index (κ1) is 28.3. The molecule has 1 aromatic rings. The molecule has 1 aliphatic rings. The van der Waals surface area contributed by atoms with E-state index in [0.29, 0.717) is 0 Å². The van der Waals surface area contributed by atoms with Gasteiger partial charge in [-0.15, -0.1) is 0 Å². The summed E-state index contributed by atoms with van der Waals surface area (Å²) in [6, 6.07) is 10.7. The highest BCUT2D eigenvalue weighted by Crippen LogP contribution is 2.06. The van der Waals surface area contributed by atoms with Crippen molar-refractivity contribution in [3.05, 3.63) is 35.9 Å². The van der Waals surface area contributed by atoms with Gasteiger partial charge in [0.1, 0.15) is 0 Å². The Bertz CT molecular complexity index is 387. The van der Waals surface area contributed by atoms with Crippen LogP contribution in [-0.4, -0.2) is 93.6 Å². The highest BCUT2D eigenvalue weighted by Gasteiger charge is 2.13. The Morgan fingerprint density at radius 3 is 1.78 bits per heavy atom. The quantitative estimate of drug-likeness (QED) is 0.740. The van der Waals surface area contributed by atoms with E-state index in [1.807, 2.05) is 27.7 Å². The van der Waals surface area contributed by atoms with Crippen molar-refractivity contribution in [1.82, 2.24) is 19.6 Å². The molecular formula is C23H48N4. The van der Waals surface area contributed by atoms with Crippen LogP contribution in [0.25, 0.3) is 0 Å². The number of hydrogen-bond acceptors (Lipinski definition) is 4. The first-order chi connectivity index (χ1) is 13.0. The number of piperazine rings is 1. The molecule has 0 atom stereocenters. The van der Waals surface area contributed by atoms with Crippen molar-refractivity contribution >= 4 is 0 Å². The highest BCUT2D eigenvalue weighted by atomic mass is 15.2. The smallest absolute Gasteiger partial charge is 0.0234 e. The molecule has 2 rings (SSSR count). The first-order valence-corrected chi connectivity index (χ1v) is 10.8. The van der Waals surface area contributed by atoms with E-state index in [-0.39, 0.29) is 0 Å². The van der Waals surface area contributed by atoms with Crippen LogP contribution in [0.5, 0.6) is 0 Å². The molecule has 0 unspecified atom stereocenters. The van der Waals surface area contributed by atoms with Gasteiger partial charge in [0.2, 0.25) is 0 Å². The van der Waals surface area contributed by atoms with E-state index in [9.17, 15) is 0 Å². The van der Waals surface area contributed by atoms with Gasteiger partial charge in [-0.25, -0.2) is 0 Å². The second kappa shape index (κ2) is 19.8. The first-order valence-electron chi connectivity index (χ1n) is 10.8. The Hall–Kier alpha value is -0.940. The van der Waals surface area contributed by atoms with Gasteiger partial charge in [0, 0.05) is 45.8 Å². The van der Waals surface area contributed by atoms with E-state index < -0.39 is 0 Å². The van der Waals surface area contributed by atoms with Gasteiger partial charge in [0.05, 0.1) is 0 Å². The van der Waals surface area contributed by atoms with Gasteiger partial charge in [-0.3, -0.25) is 4.90 Å². The largest absolute Gasteiger partial charge is 0.308 e. The lowest BCUT2D eigenvalue weighted by atomic mass is 10.2. The summed E-state index contributed by atoms with van der Waals surface area (Å²) in [5.41, 5.74) is 1.43. The van der Waals surface area contributed by atoms with Crippen molar-refractivity contribution in [2.75, 3.05) is 74.0 Å². The molecule has 0 aliphatic carbocycles. The lowest BCUT2D eigenvalue weighted by molar-refractivity contribution is 0.148. The molecule has 0 N–H and O–H groups in total. The number of nitrogens with zero attached hydrogens (tertiary/aromatic N) is 4. The topological polar surface area (TPSA) is 13.0 Å². The summed E-state index contributed by atoms with van der Waals surface area (Å²) in [6.07, 6.45) is 0. The Morgan fingerprint density at radius 1 is 0.815 bits per heavy atom. The average molecular weight is 381 g/mol. The third-order valence-corrected chi connectivity index (χ3v) is 4.31. The minimum atomic E-state index is 1.11. The number of likely N-dealkylation sites (N-methyl/N-ethyl adjacent to an activating group) is 3. The minimum Gasteiger partial charge on any atom is -0.308 e. The lowest BCUT2D eigenvalue weighted by Crippen LogP contribution is -2.43. The summed E-state index contributed by atoms with van der Waals surface area (Å²) in [5.74, 6) is 0. The molecule has 1 aliphatic heterocycles. The fraction of sp³-hybridized carbons (Fsp3) is 0.739. The fourth-order valence-electron chi connectivity index (χ4n) is 2.38. The molecule has 0 amide bonds. The van der Waals surface area contributed by atoms with E-state index >= 15 is 0 Å². The summed E-state index contributed by atoms with van der Waals surface area (Å²) >= 11 is 0. The normalized spacial score (nSPS) is 14.5. The van der Waals surface area contributed by atoms with Crippen LogP contribution in [0.4, 0.5) is 0 Å². The van der Waals surface area contributed by atoms with Crippen molar-refractivity contribution in [3.63, 3.8) is 0 Å². The lowest BCUT2D eigenvalue weighted by Gasteiger charge is -2.32.